The number of carbonyl (C=O) groups excluding carboxylic acids is 3. The van der Waals surface area contributed by atoms with E-state index >= 15 is 0 Å². The molecule has 0 aromatic carbocycles. The third kappa shape index (κ3) is 10.3. The van der Waals surface area contributed by atoms with Crippen LogP contribution >= 0.6 is 0 Å². The highest BCUT2D eigenvalue weighted by Gasteiger charge is 2.14. The van der Waals surface area contributed by atoms with Gasteiger partial charge in [0.15, 0.2) is 0 Å². The lowest BCUT2D eigenvalue weighted by Crippen LogP contribution is -2.47. The number of nitrogens with one attached hydrogen (secondary N) is 3. The molecule has 0 atom stereocenters. The van der Waals surface area contributed by atoms with Gasteiger partial charge in [0.2, 0.25) is 0 Å². The second-order valence-corrected chi connectivity index (χ2v) is 4.09. The molecule has 9 nitrogen and oxygen atoms in total. The summed E-state index contributed by atoms with van der Waals surface area (Å²) >= 11 is 0. The van der Waals surface area contributed by atoms with Gasteiger partial charge in [0, 0.05) is 6.54 Å². The van der Waals surface area contributed by atoms with Crippen molar-refractivity contribution in [1.82, 2.24) is 16.0 Å². The Bertz CT molecular complexity index is 319. The van der Waals surface area contributed by atoms with Crippen molar-refractivity contribution in [2.45, 2.75) is 31.8 Å². The van der Waals surface area contributed by atoms with E-state index in [1.807, 2.05) is 0 Å². The monoisotopic (exact) mass is 305 g/mol. The van der Waals surface area contributed by atoms with Crippen molar-refractivity contribution < 1.29 is 28.6 Å². The number of hydrogen-bond acceptors (Lipinski definition) is 6. The van der Waals surface area contributed by atoms with Crippen LogP contribution in [0.15, 0.2) is 0 Å². The number of ether oxygens (including phenoxy) is 3. The van der Waals surface area contributed by atoms with E-state index in [9.17, 15) is 14.4 Å². The largest absolute Gasteiger partial charge is 0.453 e. The molecule has 0 saturated carbocycles. The summed E-state index contributed by atoms with van der Waals surface area (Å²) in [5, 5.41) is 7.54. The molecular formula is C12H23N3O6. The third-order valence-corrected chi connectivity index (χ3v) is 2.58. The van der Waals surface area contributed by atoms with E-state index in [-0.39, 0.29) is 0 Å². The zero-order valence-electron chi connectivity index (χ0n) is 12.6. The fourth-order valence-corrected chi connectivity index (χ4v) is 1.50. The maximum atomic E-state index is 11.1. The molecule has 0 spiro atoms. The van der Waals surface area contributed by atoms with Crippen LogP contribution in [0.5, 0.6) is 0 Å². The van der Waals surface area contributed by atoms with Gasteiger partial charge in [-0.15, -0.1) is 0 Å². The molecule has 3 N–H and O–H groups in total. The van der Waals surface area contributed by atoms with Gasteiger partial charge in [-0.2, -0.15) is 0 Å². The van der Waals surface area contributed by atoms with Crippen LogP contribution in [0.1, 0.15) is 25.7 Å². The van der Waals surface area contributed by atoms with Crippen molar-refractivity contribution in [2.24, 2.45) is 0 Å². The first kappa shape index (κ1) is 18.8. The molecule has 0 aromatic rings. The fourth-order valence-electron chi connectivity index (χ4n) is 1.50. The summed E-state index contributed by atoms with van der Waals surface area (Å²) in [7, 11) is 3.78. The van der Waals surface area contributed by atoms with Crippen LogP contribution in [0.3, 0.4) is 0 Å². The predicted molar refractivity (Wildman–Crippen MR) is 73.7 cm³/mol. The highest BCUT2D eigenvalue weighted by atomic mass is 16.5. The summed E-state index contributed by atoms with van der Waals surface area (Å²) in [6, 6.07) is 0. The van der Waals surface area contributed by atoms with Gasteiger partial charge in [0.25, 0.3) is 0 Å². The van der Waals surface area contributed by atoms with E-state index in [1.165, 1.54) is 21.3 Å². The second kappa shape index (κ2) is 11.6. The third-order valence-electron chi connectivity index (χ3n) is 2.58. The molecule has 0 fully saturated rings. The number of carbonyl (C=O) groups is 3. The van der Waals surface area contributed by atoms with E-state index in [4.69, 9.17) is 0 Å². The lowest BCUT2D eigenvalue weighted by Gasteiger charge is -2.18. The average molecular weight is 305 g/mol. The molecule has 0 aliphatic carbocycles. The number of amides is 3. The van der Waals surface area contributed by atoms with Crippen molar-refractivity contribution in [1.29, 1.82) is 0 Å². The minimum absolute atomic E-state index is 0.465. The first-order chi connectivity index (χ1) is 10.0. The molecule has 9 heteroatoms. The summed E-state index contributed by atoms with van der Waals surface area (Å²) in [6.07, 6.45) is 0.521. The predicted octanol–water partition coefficient (Wildman–Crippen LogP) is 0.941. The molecule has 0 unspecified atom stereocenters. The molecule has 21 heavy (non-hydrogen) atoms. The van der Waals surface area contributed by atoms with Crippen molar-refractivity contribution in [3.63, 3.8) is 0 Å². The molecule has 0 aliphatic rings. The van der Waals surface area contributed by atoms with Crippen LogP contribution in [0, 0.1) is 0 Å². The number of rotatable bonds is 8. The summed E-state index contributed by atoms with van der Waals surface area (Å²) in [4.78, 5) is 33.1. The molecule has 0 rings (SSSR count). The molecule has 122 valence electrons. The molecule has 3 amide bonds. The molecule has 0 saturated heterocycles. The second-order valence-electron chi connectivity index (χ2n) is 4.09. The summed E-state index contributed by atoms with van der Waals surface area (Å²) in [5.41, 5.74) is 0. The first-order valence-corrected chi connectivity index (χ1v) is 6.54. The number of hydrogen-bond donors (Lipinski definition) is 3. The standard InChI is InChI=1S/C12H23N3O6/c1-19-10(16)13-8-6-4-5-7-9(14-11(17)20-2)15-12(18)21-3/h9H,4-8H2,1-3H3,(H,13,16)(H,14,17)(H,15,18). The van der Waals surface area contributed by atoms with Gasteiger partial charge in [-0.3, -0.25) is 0 Å². The lowest BCUT2D eigenvalue weighted by atomic mass is 10.1. The highest BCUT2D eigenvalue weighted by Crippen LogP contribution is 2.02. The van der Waals surface area contributed by atoms with Crippen LogP contribution in [0.2, 0.25) is 0 Å². The zero-order chi connectivity index (χ0) is 16.1. The Kier molecular flexibility index (Phi) is 10.4. The van der Waals surface area contributed by atoms with Gasteiger partial charge in [-0.05, 0) is 19.3 Å². The maximum Gasteiger partial charge on any atom is 0.408 e. The molecule has 0 aromatic heterocycles. The van der Waals surface area contributed by atoms with Crippen molar-refractivity contribution >= 4 is 18.3 Å². The Balaban J connectivity index is 3.92. The van der Waals surface area contributed by atoms with Crippen LogP contribution in [0.4, 0.5) is 14.4 Å². The smallest absolute Gasteiger partial charge is 0.408 e. The Morgan fingerprint density at radius 1 is 0.810 bits per heavy atom. The van der Waals surface area contributed by atoms with Crippen molar-refractivity contribution in [3.05, 3.63) is 0 Å². The molecular weight excluding hydrogens is 282 g/mol. The van der Waals surface area contributed by atoms with Gasteiger partial charge in [-0.1, -0.05) is 6.42 Å². The van der Waals surface area contributed by atoms with Gasteiger partial charge in [0.05, 0.1) is 21.3 Å². The van der Waals surface area contributed by atoms with E-state index in [2.05, 4.69) is 30.2 Å². The summed E-state index contributed by atoms with van der Waals surface area (Å²) in [6.45, 7) is 0.506. The van der Waals surface area contributed by atoms with Gasteiger partial charge < -0.3 is 30.2 Å². The number of unbranched alkanes of at least 4 members (excludes halogenated alkanes) is 2. The Morgan fingerprint density at radius 2 is 1.33 bits per heavy atom. The van der Waals surface area contributed by atoms with E-state index in [1.54, 1.807) is 0 Å². The van der Waals surface area contributed by atoms with Crippen LogP contribution in [0.25, 0.3) is 0 Å². The zero-order valence-corrected chi connectivity index (χ0v) is 12.6. The minimum atomic E-state index is -0.635. The quantitative estimate of drug-likeness (QED) is 0.349. The van der Waals surface area contributed by atoms with Gasteiger partial charge >= 0.3 is 18.3 Å². The minimum Gasteiger partial charge on any atom is -0.453 e. The van der Waals surface area contributed by atoms with E-state index in [0.29, 0.717) is 13.0 Å². The SMILES string of the molecule is COC(=O)NCCCCCC(NC(=O)OC)NC(=O)OC. The topological polar surface area (TPSA) is 115 Å². The van der Waals surface area contributed by atoms with Crippen LogP contribution in [-0.4, -0.2) is 52.3 Å². The molecule has 0 bridgehead atoms. The maximum absolute atomic E-state index is 11.1. The normalized spacial score (nSPS) is 9.71. The number of alkyl carbamates (subject to hydrolysis) is 3. The van der Waals surface area contributed by atoms with Gasteiger partial charge in [0.1, 0.15) is 6.17 Å². The van der Waals surface area contributed by atoms with E-state index < -0.39 is 24.4 Å². The van der Waals surface area contributed by atoms with Crippen molar-refractivity contribution in [2.75, 3.05) is 27.9 Å². The molecule has 0 aliphatic heterocycles. The van der Waals surface area contributed by atoms with Crippen LogP contribution in [-0.2, 0) is 14.2 Å². The summed E-state index contributed by atoms with van der Waals surface area (Å²) < 4.78 is 13.4. The van der Waals surface area contributed by atoms with Gasteiger partial charge in [-0.25, -0.2) is 14.4 Å². The Morgan fingerprint density at radius 3 is 1.81 bits per heavy atom. The van der Waals surface area contributed by atoms with E-state index in [0.717, 1.165) is 19.3 Å². The lowest BCUT2D eigenvalue weighted by molar-refractivity contribution is 0.151. The Hall–Kier alpha value is -2.19. The summed E-state index contributed by atoms with van der Waals surface area (Å²) in [5.74, 6) is 0. The average Bonchev–Trinajstić information content (AvgIpc) is 2.49. The fraction of sp³-hybridized carbons (Fsp3) is 0.750. The van der Waals surface area contributed by atoms with Crippen molar-refractivity contribution in [3.8, 4) is 0 Å². The Labute approximate surface area is 123 Å². The number of methoxy groups -OCH3 is 3. The molecule has 0 radical (unpaired) electrons. The molecule has 0 heterocycles. The van der Waals surface area contributed by atoms with Crippen LogP contribution < -0.4 is 16.0 Å². The highest BCUT2D eigenvalue weighted by molar-refractivity contribution is 5.70. The first-order valence-electron chi connectivity index (χ1n) is 6.54.